The van der Waals surface area contributed by atoms with Crippen LogP contribution in [0.15, 0.2) is 18.2 Å². The Kier molecular flexibility index (Phi) is 6.10. The first-order valence-corrected chi connectivity index (χ1v) is 8.84. The second-order valence-electron chi connectivity index (χ2n) is 7.71. The number of nitrogens with zero attached hydrogens (tertiary/aromatic N) is 3. The number of nitro benzene ring substituents is 1. The molecule has 0 N–H and O–H groups in total. The Hall–Kier alpha value is -2.52. The molecule has 1 aromatic rings. The summed E-state index contributed by atoms with van der Waals surface area (Å²) >= 11 is 0. The van der Waals surface area contributed by atoms with Crippen molar-refractivity contribution in [3.8, 4) is 0 Å². The van der Waals surface area contributed by atoms with E-state index in [-0.39, 0.29) is 18.3 Å². The minimum absolute atomic E-state index is 0.112. The lowest BCUT2D eigenvalue weighted by molar-refractivity contribution is -0.384. The van der Waals surface area contributed by atoms with Crippen molar-refractivity contribution >= 4 is 17.5 Å². The summed E-state index contributed by atoms with van der Waals surface area (Å²) in [5, 5.41) is 11.4. The van der Waals surface area contributed by atoms with Crippen LogP contribution in [0.25, 0.3) is 0 Å². The van der Waals surface area contributed by atoms with Gasteiger partial charge < -0.3 is 9.64 Å². The topological polar surface area (TPSA) is 75.9 Å². The van der Waals surface area contributed by atoms with E-state index < -0.39 is 34.0 Å². The molecule has 0 saturated carbocycles. The van der Waals surface area contributed by atoms with Crippen LogP contribution in [0.5, 0.6) is 0 Å². The first-order valence-electron chi connectivity index (χ1n) is 8.84. The molecule has 1 fully saturated rings. The van der Waals surface area contributed by atoms with Crippen LogP contribution in [0.4, 0.5) is 29.3 Å². The quantitative estimate of drug-likeness (QED) is 0.551. The van der Waals surface area contributed by atoms with Gasteiger partial charge in [-0.3, -0.25) is 15.0 Å². The maximum atomic E-state index is 12.9. The lowest BCUT2D eigenvalue weighted by atomic mass is 9.97. The second kappa shape index (κ2) is 7.84. The summed E-state index contributed by atoms with van der Waals surface area (Å²) in [6.45, 7) is 6.26. The normalized spacial score (nSPS) is 18.0. The molecule has 0 aliphatic carbocycles. The van der Waals surface area contributed by atoms with E-state index in [1.165, 1.54) is 7.11 Å². The highest BCUT2D eigenvalue weighted by atomic mass is 19.4. The highest BCUT2D eigenvalue weighted by Gasteiger charge is 2.38. The number of carbonyl (C=O) groups excluding carboxylic acids is 1. The van der Waals surface area contributed by atoms with Gasteiger partial charge in [0.1, 0.15) is 5.69 Å². The Bertz CT molecular complexity index is 747. The fourth-order valence-electron chi connectivity index (χ4n) is 3.57. The van der Waals surface area contributed by atoms with Gasteiger partial charge in [-0.25, -0.2) is 4.79 Å². The van der Waals surface area contributed by atoms with Crippen LogP contribution in [0.2, 0.25) is 0 Å². The number of nitro groups is 1. The molecule has 0 spiro atoms. The van der Waals surface area contributed by atoms with Gasteiger partial charge in [-0.05, 0) is 45.7 Å². The number of hydrogen-bond acceptors (Lipinski definition) is 5. The van der Waals surface area contributed by atoms with Gasteiger partial charge in [0.25, 0.3) is 5.69 Å². The molecule has 156 valence electrons. The number of rotatable bonds is 3. The lowest BCUT2D eigenvalue weighted by Gasteiger charge is -2.45. The third-order valence-corrected chi connectivity index (χ3v) is 4.70. The minimum atomic E-state index is -4.67. The number of piperidine rings is 1. The van der Waals surface area contributed by atoms with Gasteiger partial charge in [-0.1, -0.05) is 0 Å². The predicted octanol–water partition coefficient (Wildman–Crippen LogP) is 4.45. The van der Waals surface area contributed by atoms with E-state index in [1.54, 1.807) is 9.80 Å². The number of alkyl halides is 3. The largest absolute Gasteiger partial charge is 0.453 e. The second-order valence-corrected chi connectivity index (χ2v) is 7.71. The number of halogens is 3. The van der Waals surface area contributed by atoms with Gasteiger partial charge in [0, 0.05) is 24.7 Å². The zero-order valence-electron chi connectivity index (χ0n) is 16.2. The van der Waals surface area contributed by atoms with Crippen molar-refractivity contribution in [3.05, 3.63) is 33.9 Å². The monoisotopic (exact) mass is 403 g/mol. The van der Waals surface area contributed by atoms with Gasteiger partial charge in [-0.2, -0.15) is 13.2 Å². The van der Waals surface area contributed by atoms with Crippen molar-refractivity contribution in [2.45, 2.75) is 51.4 Å². The van der Waals surface area contributed by atoms with Crippen molar-refractivity contribution in [3.63, 3.8) is 0 Å². The van der Waals surface area contributed by atoms with E-state index in [0.29, 0.717) is 25.5 Å². The number of anilines is 1. The number of benzene rings is 1. The molecular weight excluding hydrogens is 379 g/mol. The van der Waals surface area contributed by atoms with Crippen LogP contribution >= 0.6 is 0 Å². The Balaban J connectivity index is 2.38. The SMILES string of the molecule is COC(=O)N(C1CCCN(c2ccc(C(F)(F)F)cc2[N+](=O)[O-])C1)C(C)(C)C. The molecule has 10 heteroatoms. The first kappa shape index (κ1) is 21.8. The van der Waals surface area contributed by atoms with E-state index in [0.717, 1.165) is 12.1 Å². The van der Waals surface area contributed by atoms with Crippen molar-refractivity contribution in [2.75, 3.05) is 25.1 Å². The fourth-order valence-corrected chi connectivity index (χ4v) is 3.57. The Morgan fingerprint density at radius 2 is 1.96 bits per heavy atom. The molecule has 1 unspecified atom stereocenters. The standard InChI is InChI=1S/C18H24F3N3O4/c1-17(2,3)23(16(25)28-4)13-6-5-9-22(11-13)14-8-7-12(18(19,20)21)10-15(14)24(26)27/h7-8,10,13H,5-6,9,11H2,1-4H3. The Morgan fingerprint density at radius 3 is 2.46 bits per heavy atom. The molecule has 1 aliphatic heterocycles. The van der Waals surface area contributed by atoms with Gasteiger partial charge in [0.05, 0.1) is 23.6 Å². The van der Waals surface area contributed by atoms with Crippen LogP contribution in [0.1, 0.15) is 39.2 Å². The maximum absolute atomic E-state index is 12.9. The number of ether oxygens (including phenoxy) is 1. The molecule has 28 heavy (non-hydrogen) atoms. The zero-order chi connectivity index (χ0) is 21.3. The summed E-state index contributed by atoms with van der Waals surface area (Å²) in [5.74, 6) is 0. The van der Waals surface area contributed by atoms with Crippen molar-refractivity contribution in [1.82, 2.24) is 4.90 Å². The van der Waals surface area contributed by atoms with E-state index in [2.05, 4.69) is 0 Å². The van der Waals surface area contributed by atoms with Crippen LogP contribution in [-0.4, -0.2) is 47.7 Å². The maximum Gasteiger partial charge on any atom is 0.416 e. The summed E-state index contributed by atoms with van der Waals surface area (Å²) in [5.41, 5.74) is -2.10. The van der Waals surface area contributed by atoms with Crippen molar-refractivity contribution < 1.29 is 27.6 Å². The number of amides is 1. The van der Waals surface area contributed by atoms with Crippen LogP contribution in [0, 0.1) is 10.1 Å². The van der Waals surface area contributed by atoms with E-state index in [4.69, 9.17) is 4.74 Å². The zero-order valence-corrected chi connectivity index (χ0v) is 16.2. The van der Waals surface area contributed by atoms with E-state index >= 15 is 0 Å². The molecule has 1 aromatic carbocycles. The van der Waals surface area contributed by atoms with Gasteiger partial charge in [0.2, 0.25) is 0 Å². The van der Waals surface area contributed by atoms with Crippen LogP contribution < -0.4 is 4.90 Å². The molecule has 0 aromatic heterocycles. The molecule has 0 radical (unpaired) electrons. The number of carbonyl (C=O) groups is 1. The highest BCUT2D eigenvalue weighted by molar-refractivity contribution is 5.69. The highest BCUT2D eigenvalue weighted by Crippen LogP contribution is 2.38. The molecule has 1 atom stereocenters. The smallest absolute Gasteiger partial charge is 0.416 e. The van der Waals surface area contributed by atoms with Gasteiger partial charge in [0.15, 0.2) is 0 Å². The molecule has 2 rings (SSSR count). The summed E-state index contributed by atoms with van der Waals surface area (Å²) in [6.07, 6.45) is -3.88. The fraction of sp³-hybridized carbons (Fsp3) is 0.611. The Labute approximate surface area is 161 Å². The van der Waals surface area contributed by atoms with Crippen molar-refractivity contribution in [2.24, 2.45) is 0 Å². The molecule has 0 bridgehead atoms. The summed E-state index contributed by atoms with van der Waals surface area (Å²) in [4.78, 5) is 26.1. The third kappa shape index (κ3) is 4.66. The van der Waals surface area contributed by atoms with E-state index in [9.17, 15) is 28.1 Å². The third-order valence-electron chi connectivity index (χ3n) is 4.70. The average molecular weight is 403 g/mol. The van der Waals surface area contributed by atoms with Crippen LogP contribution in [0.3, 0.4) is 0 Å². The first-order chi connectivity index (χ1) is 12.9. The summed E-state index contributed by atoms with van der Waals surface area (Å²) in [6, 6.07) is 2.24. The molecule has 1 aliphatic rings. The molecule has 1 saturated heterocycles. The molecule has 1 heterocycles. The number of methoxy groups -OCH3 is 1. The average Bonchev–Trinajstić information content (AvgIpc) is 2.59. The number of hydrogen-bond donors (Lipinski definition) is 0. The van der Waals surface area contributed by atoms with Crippen LogP contribution in [-0.2, 0) is 10.9 Å². The lowest BCUT2D eigenvalue weighted by Crippen LogP contribution is -2.57. The van der Waals surface area contributed by atoms with Gasteiger partial charge in [-0.15, -0.1) is 0 Å². The van der Waals surface area contributed by atoms with Gasteiger partial charge >= 0.3 is 12.3 Å². The molecular formula is C18H24F3N3O4. The molecule has 7 nitrogen and oxygen atoms in total. The molecule has 1 amide bonds. The van der Waals surface area contributed by atoms with E-state index in [1.807, 2.05) is 20.8 Å². The Morgan fingerprint density at radius 1 is 1.32 bits per heavy atom. The summed E-state index contributed by atoms with van der Waals surface area (Å²) in [7, 11) is 1.28. The minimum Gasteiger partial charge on any atom is -0.453 e. The summed E-state index contributed by atoms with van der Waals surface area (Å²) < 4.78 is 43.7. The van der Waals surface area contributed by atoms with Crippen molar-refractivity contribution in [1.29, 1.82) is 0 Å². The predicted molar refractivity (Wildman–Crippen MR) is 97.3 cm³/mol.